The zero-order valence-corrected chi connectivity index (χ0v) is 12.6. The van der Waals surface area contributed by atoms with Crippen molar-refractivity contribution in [2.24, 2.45) is 0 Å². The van der Waals surface area contributed by atoms with Crippen LogP contribution in [0.25, 0.3) is 0 Å². The summed E-state index contributed by atoms with van der Waals surface area (Å²) in [6.07, 6.45) is 0. The molecule has 0 spiro atoms. The van der Waals surface area contributed by atoms with Gasteiger partial charge in [0.15, 0.2) is 0 Å². The van der Waals surface area contributed by atoms with E-state index >= 15 is 0 Å². The molecule has 0 aliphatic heterocycles. The summed E-state index contributed by atoms with van der Waals surface area (Å²) < 4.78 is 12.2. The van der Waals surface area contributed by atoms with E-state index in [4.69, 9.17) is 2.81 Å². The van der Waals surface area contributed by atoms with Crippen molar-refractivity contribution in [3.05, 3.63) is 0 Å². The van der Waals surface area contributed by atoms with Crippen molar-refractivity contribution in [2.45, 2.75) is 0 Å². The Morgan fingerprint density at radius 3 is 1.33 bits per heavy atom. The van der Waals surface area contributed by atoms with Crippen molar-refractivity contribution in [3.8, 4) is 0 Å². The van der Waals surface area contributed by atoms with Crippen LogP contribution in [-0.2, 0) is 5.73 Å². The Morgan fingerprint density at radius 1 is 1.33 bits per heavy atom. The molecule has 0 aliphatic carbocycles. The van der Waals surface area contributed by atoms with Gasteiger partial charge in [-0.05, 0) is 0 Å². The van der Waals surface area contributed by atoms with Crippen molar-refractivity contribution >= 4 is 83.4 Å². The normalized spacial score (nSPS) is 3.67. The first kappa shape index (κ1) is 15.8. The summed E-state index contributed by atoms with van der Waals surface area (Å²) in [6.45, 7) is 0. The van der Waals surface area contributed by atoms with Crippen LogP contribution in [0.4, 0.5) is 0 Å². The van der Waals surface area contributed by atoms with Gasteiger partial charge in [-0.25, -0.2) is 2.92 Å². The van der Waals surface area contributed by atoms with E-state index in [0.717, 1.165) is 0 Å². The summed E-state index contributed by atoms with van der Waals surface area (Å²) in [5, 5.41) is 0. The molecule has 0 atom stereocenters. The number of hydrogen-bond donors (Lipinski definition) is 0. The van der Waals surface area contributed by atoms with Gasteiger partial charge >= 0.3 is 27.5 Å². The molecule has 0 aromatic rings. The van der Waals surface area contributed by atoms with Crippen LogP contribution in [0.3, 0.4) is 0 Å². The number of halogens is 2. The second kappa shape index (κ2) is 25.9. The maximum atomic E-state index is 8.36. The minimum atomic E-state index is 0. The predicted octanol–water partition coefficient (Wildman–Crippen LogP) is 0.742. The Labute approximate surface area is 87.7 Å². The second-order valence-electron chi connectivity index (χ2n) is 0.0583. The van der Waals surface area contributed by atoms with E-state index in [2.05, 4.69) is 35.4 Å². The molecule has 0 saturated heterocycles. The molecule has 0 fully saturated rings. The van der Waals surface area contributed by atoms with Gasteiger partial charge in [-0.1, -0.05) is 0 Å². The topological polar surface area (TPSA) is 26.3 Å². The second-order valence-corrected chi connectivity index (χ2v) is 1.57. The van der Waals surface area contributed by atoms with Gasteiger partial charge in [0, 0.05) is 26.2 Å². The molecule has 4 radical (unpaired) electrons. The first-order valence-corrected chi connectivity index (χ1v) is 3.21. The van der Waals surface area contributed by atoms with Crippen molar-refractivity contribution in [3.63, 3.8) is 0 Å². The molecular formula is Bi2Br2O2. The van der Waals surface area contributed by atoms with Gasteiger partial charge in [0.1, 0.15) is 32.5 Å². The van der Waals surface area contributed by atoms with Gasteiger partial charge in [0.05, 0.1) is 0 Å². The molecule has 0 saturated carbocycles. The molecule has 0 heterocycles. The number of hydrogen-bond acceptors (Lipinski definition) is 2. The third-order valence-electron chi connectivity index (χ3n) is 0. The molecule has 0 unspecified atom stereocenters. The molecular weight excluding hydrogens is 610 g/mol. The quantitative estimate of drug-likeness (QED) is 0.379. The van der Waals surface area contributed by atoms with E-state index in [9.17, 15) is 0 Å². The van der Waals surface area contributed by atoms with E-state index in [-0.39, 0.29) is 50.9 Å². The van der Waals surface area contributed by atoms with E-state index in [1.54, 1.807) is 0 Å². The zero-order valence-electron chi connectivity index (χ0n) is 2.47. The molecule has 6 heavy (non-hydrogen) atoms. The van der Waals surface area contributed by atoms with Crippen molar-refractivity contribution in [1.82, 2.24) is 0 Å². The Bertz CT molecular complexity index is 13.5. The predicted molar refractivity (Wildman–Crippen MR) is 31.1 cm³/mol. The zero-order chi connectivity index (χ0) is 4.71. The van der Waals surface area contributed by atoms with Crippen LogP contribution in [0.1, 0.15) is 0 Å². The van der Waals surface area contributed by atoms with Crippen LogP contribution in [0, 0.1) is 0 Å². The van der Waals surface area contributed by atoms with Gasteiger partial charge in [-0.15, -0.1) is 0 Å². The summed E-state index contributed by atoms with van der Waals surface area (Å²) >= 11 is 5.32. The fourth-order valence-electron chi connectivity index (χ4n) is 0. The van der Waals surface area contributed by atoms with Crippen LogP contribution in [0.15, 0.2) is 0 Å². The van der Waals surface area contributed by atoms with Gasteiger partial charge < -0.3 is 0 Å². The molecule has 0 N–H and O–H groups in total. The molecule has 0 aliphatic rings. The van der Waals surface area contributed by atoms with Crippen molar-refractivity contribution in [2.75, 3.05) is 0 Å². The van der Waals surface area contributed by atoms with Crippen LogP contribution in [-0.4, -0.2) is 50.9 Å². The minimum absolute atomic E-state index is 0. The van der Waals surface area contributed by atoms with Crippen LogP contribution in [0.2, 0.25) is 0 Å². The van der Waals surface area contributed by atoms with Gasteiger partial charge in [-0.3, -0.25) is 0 Å². The molecule has 36 valence electrons. The molecule has 0 aromatic carbocycles. The van der Waals surface area contributed by atoms with E-state index in [0.29, 0.717) is 0 Å². The molecule has 2 nitrogen and oxygen atoms in total. The monoisotopic (exact) mass is 608 g/mol. The van der Waals surface area contributed by atoms with Crippen molar-refractivity contribution in [1.29, 1.82) is 0 Å². The van der Waals surface area contributed by atoms with Crippen LogP contribution < -0.4 is 0 Å². The van der Waals surface area contributed by atoms with Gasteiger partial charge in [-0.2, -0.15) is 0 Å². The van der Waals surface area contributed by atoms with E-state index < -0.39 is 0 Å². The Hall–Kier alpha value is 2.49. The first-order valence-electron chi connectivity index (χ1n) is 0.491. The molecule has 0 aromatic heterocycles. The standard InChI is InChI=1S/2Bi.Br2O.O/c;;1-3-2;. The molecule has 0 bridgehead atoms. The Balaban J connectivity index is -0.0000000275. The molecule has 6 heteroatoms. The fraction of sp³-hybridized carbons (Fsp3) is 0. The first-order chi connectivity index (χ1) is 2.41. The average Bonchev–Trinajstić information content (AvgIpc) is 1.46. The summed E-state index contributed by atoms with van der Waals surface area (Å²) in [7, 11) is 0. The SMILES string of the molecule is BrOBr.[Bi].[O]=[Bi]. The third-order valence-corrected chi connectivity index (χ3v) is 0. The third kappa shape index (κ3) is 31.6. The average molecular weight is 610 g/mol. The Kier molecular flexibility index (Phi) is 68.2. The summed E-state index contributed by atoms with van der Waals surface area (Å²) in [6, 6.07) is 0. The summed E-state index contributed by atoms with van der Waals surface area (Å²) in [5.74, 6) is 0. The Morgan fingerprint density at radius 2 is 1.33 bits per heavy atom. The van der Waals surface area contributed by atoms with Gasteiger partial charge in [0.25, 0.3) is 0 Å². The maximum absolute atomic E-state index is 8.36. The molecule has 0 rings (SSSR count). The summed E-state index contributed by atoms with van der Waals surface area (Å²) in [4.78, 5) is 0. The van der Waals surface area contributed by atoms with Crippen LogP contribution in [0.5, 0.6) is 0 Å². The molecule has 0 amide bonds. The number of rotatable bonds is 0. The van der Waals surface area contributed by atoms with Gasteiger partial charge in [0.2, 0.25) is 0 Å². The van der Waals surface area contributed by atoms with Crippen LogP contribution >= 0.6 is 32.5 Å². The van der Waals surface area contributed by atoms with Crippen molar-refractivity contribution < 1.29 is 5.73 Å². The van der Waals surface area contributed by atoms with E-state index in [1.807, 2.05) is 0 Å². The summed E-state index contributed by atoms with van der Waals surface area (Å²) in [5.41, 5.74) is 0. The van der Waals surface area contributed by atoms with E-state index in [1.165, 1.54) is 0 Å². The fourth-order valence-corrected chi connectivity index (χ4v) is 0.